The zero-order valence-electron chi connectivity index (χ0n) is 22.8. The van der Waals surface area contributed by atoms with Crippen LogP contribution in [0.15, 0.2) is 51.9 Å². The van der Waals surface area contributed by atoms with Crippen LogP contribution in [0.3, 0.4) is 0 Å². The number of benzene rings is 1. The second-order valence-corrected chi connectivity index (χ2v) is 12.4. The maximum Gasteiger partial charge on any atom is 0.344 e. The summed E-state index contributed by atoms with van der Waals surface area (Å²) in [5, 5.41) is 0. The first-order valence-corrected chi connectivity index (χ1v) is 14.7. The lowest BCUT2D eigenvalue weighted by Crippen LogP contribution is -2.53. The lowest BCUT2D eigenvalue weighted by Gasteiger charge is -2.49. The van der Waals surface area contributed by atoms with Crippen LogP contribution >= 0.6 is 0 Å². The molecule has 3 aliphatic rings. The fourth-order valence-corrected chi connectivity index (χ4v) is 6.23. The second-order valence-electron chi connectivity index (χ2n) is 10.8. The first kappa shape index (κ1) is 28.2. The van der Waals surface area contributed by atoms with E-state index in [1.807, 2.05) is 19.9 Å². The Hall–Kier alpha value is -2.85. The van der Waals surface area contributed by atoms with Crippen molar-refractivity contribution in [1.29, 1.82) is 0 Å². The highest BCUT2D eigenvalue weighted by atomic mass is 32.2. The van der Waals surface area contributed by atoms with E-state index >= 15 is 0 Å². The molecule has 1 fully saturated rings. The number of rotatable bonds is 9. The Morgan fingerprint density at radius 3 is 2.63 bits per heavy atom. The van der Waals surface area contributed by atoms with E-state index in [2.05, 4.69) is 14.5 Å². The van der Waals surface area contributed by atoms with Crippen molar-refractivity contribution in [3.8, 4) is 0 Å². The summed E-state index contributed by atoms with van der Waals surface area (Å²) >= 11 is 0. The van der Waals surface area contributed by atoms with Crippen molar-refractivity contribution in [2.75, 3.05) is 32.8 Å². The van der Waals surface area contributed by atoms with Gasteiger partial charge in [-0.2, -0.15) is 0 Å². The molecule has 1 aromatic rings. The van der Waals surface area contributed by atoms with Gasteiger partial charge in [0, 0.05) is 18.8 Å². The zero-order chi connectivity index (χ0) is 27.7. The molecule has 1 atom stereocenters. The number of fused-ring (bicyclic) bond motifs is 2. The first-order valence-electron chi connectivity index (χ1n) is 13.2. The predicted molar refractivity (Wildman–Crippen MR) is 144 cm³/mol. The predicted octanol–water partition coefficient (Wildman–Crippen LogP) is 4.16. The quantitative estimate of drug-likeness (QED) is 0.465. The molecular weight excluding hydrogens is 509 g/mol. The van der Waals surface area contributed by atoms with E-state index in [4.69, 9.17) is 9.47 Å². The number of carbonyl (C=O) groups excluding carboxylic acids is 1. The average molecular weight is 548 g/mol. The van der Waals surface area contributed by atoms with Gasteiger partial charge in [0.25, 0.3) is 10.0 Å². The molecule has 1 aromatic carbocycles. The summed E-state index contributed by atoms with van der Waals surface area (Å²) < 4.78 is 55.8. The van der Waals surface area contributed by atoms with Gasteiger partial charge in [-0.1, -0.05) is 26.0 Å². The lowest BCUT2D eigenvalue weighted by molar-refractivity contribution is -0.150. The van der Waals surface area contributed by atoms with Crippen LogP contribution in [0.1, 0.15) is 59.4 Å². The van der Waals surface area contributed by atoms with Gasteiger partial charge in [0.2, 0.25) is 0 Å². The number of allylic oxidation sites excluding steroid dienone is 2. The number of halogens is 1. The van der Waals surface area contributed by atoms with Gasteiger partial charge >= 0.3 is 5.97 Å². The number of hydrogen-bond acceptors (Lipinski definition) is 7. The topological polar surface area (TPSA) is 88.2 Å². The van der Waals surface area contributed by atoms with Gasteiger partial charge in [-0.15, -0.1) is 0 Å². The van der Waals surface area contributed by atoms with Crippen LogP contribution < -0.4 is 4.72 Å². The Balaban J connectivity index is 1.71. The minimum absolute atomic E-state index is 0.0714. The van der Waals surface area contributed by atoms with Crippen molar-refractivity contribution in [1.82, 2.24) is 14.5 Å². The molecule has 4 rings (SSSR count). The van der Waals surface area contributed by atoms with Crippen LogP contribution in [0.5, 0.6) is 0 Å². The first-order chi connectivity index (χ1) is 17.9. The number of nitrogens with zero attached hydrogens (tertiary/aromatic N) is 2. The number of esters is 1. The number of carbonyl (C=O) groups is 1. The molecule has 208 valence electrons. The van der Waals surface area contributed by atoms with Crippen LogP contribution in [0.2, 0.25) is 0 Å². The molecule has 0 bridgehead atoms. The molecule has 1 saturated heterocycles. The molecule has 0 aromatic heterocycles. The molecule has 2 aliphatic heterocycles. The van der Waals surface area contributed by atoms with Gasteiger partial charge in [0.05, 0.1) is 16.6 Å². The van der Waals surface area contributed by atoms with E-state index in [0.717, 1.165) is 37.8 Å². The molecule has 1 aliphatic carbocycles. The van der Waals surface area contributed by atoms with Crippen molar-refractivity contribution in [2.24, 2.45) is 0 Å². The molecule has 8 nitrogen and oxygen atoms in total. The summed E-state index contributed by atoms with van der Waals surface area (Å²) in [6, 6.07) is 3.86. The standard InChI is InChI=1S/C28H38FN3O5S/c1-6-31(7-2)15-8-9-19-17-20(29)10-13-24(19)38(34,35)30-22-11-12-23-26(36-18-21-14-16-32(21)23)25(22)27(33)37-28(3,4)5/h8-10,13,17,21,30H,6-7,11-12,14-16,18H2,1-5H3/b9-8-/t21-/m1/s1. The van der Waals surface area contributed by atoms with Crippen molar-refractivity contribution >= 4 is 22.1 Å². The minimum Gasteiger partial charge on any atom is -0.489 e. The van der Waals surface area contributed by atoms with Gasteiger partial charge in [0.15, 0.2) is 5.76 Å². The fraction of sp³-hybridized carbons (Fsp3) is 0.536. The third kappa shape index (κ3) is 6.07. The summed E-state index contributed by atoms with van der Waals surface area (Å²) in [5.41, 5.74) is 0.699. The summed E-state index contributed by atoms with van der Waals surface area (Å²) in [6.45, 7) is 13.0. The highest BCUT2D eigenvalue weighted by Crippen LogP contribution is 2.41. The maximum atomic E-state index is 14.1. The van der Waals surface area contributed by atoms with Gasteiger partial charge in [-0.25, -0.2) is 17.6 Å². The zero-order valence-corrected chi connectivity index (χ0v) is 23.7. The summed E-state index contributed by atoms with van der Waals surface area (Å²) in [5.74, 6) is -0.787. The van der Waals surface area contributed by atoms with Crippen LogP contribution in [0.25, 0.3) is 6.08 Å². The number of hydrogen-bond donors (Lipinski definition) is 1. The molecule has 0 spiro atoms. The van der Waals surface area contributed by atoms with Gasteiger partial charge in [0.1, 0.15) is 23.6 Å². The average Bonchev–Trinajstić information content (AvgIpc) is 2.80. The fourth-order valence-electron chi connectivity index (χ4n) is 4.91. The minimum atomic E-state index is -4.17. The number of likely N-dealkylation sites (N-methyl/N-ethyl adjacent to an activating group) is 1. The van der Waals surface area contributed by atoms with Crippen LogP contribution in [0.4, 0.5) is 4.39 Å². The largest absolute Gasteiger partial charge is 0.489 e. The van der Waals surface area contributed by atoms with Crippen molar-refractivity contribution < 1.29 is 27.1 Å². The van der Waals surface area contributed by atoms with Crippen LogP contribution in [0, 0.1) is 5.82 Å². The second kappa shape index (κ2) is 11.1. The van der Waals surface area contributed by atoms with Gasteiger partial charge in [-0.3, -0.25) is 4.72 Å². The Bertz CT molecular complexity index is 1280. The van der Waals surface area contributed by atoms with Crippen molar-refractivity contribution in [2.45, 2.75) is 70.4 Å². The number of nitrogens with one attached hydrogen (secondary N) is 1. The Morgan fingerprint density at radius 2 is 2.00 bits per heavy atom. The summed E-state index contributed by atoms with van der Waals surface area (Å²) in [6.07, 6.45) is 5.30. The molecule has 38 heavy (non-hydrogen) atoms. The third-order valence-corrected chi connectivity index (χ3v) is 8.46. The SMILES string of the molecule is CCN(CC)C/C=C\c1cc(F)ccc1S(=O)(=O)NC1=C(C(=O)OC(C)(C)C)C2=C(CC1)N1CC[C@@H]1CO2. The van der Waals surface area contributed by atoms with Gasteiger partial charge < -0.3 is 19.3 Å². The van der Waals surface area contributed by atoms with E-state index in [9.17, 15) is 17.6 Å². The maximum absolute atomic E-state index is 14.1. The van der Waals surface area contributed by atoms with Gasteiger partial charge in [-0.05, 0) is 76.9 Å². The Morgan fingerprint density at radius 1 is 1.26 bits per heavy atom. The smallest absolute Gasteiger partial charge is 0.344 e. The Labute approximate surface area is 225 Å². The lowest BCUT2D eigenvalue weighted by atomic mass is 9.91. The number of sulfonamides is 1. The molecule has 0 amide bonds. The molecular formula is C28H38FN3O5S. The van der Waals surface area contributed by atoms with E-state index in [-0.39, 0.29) is 27.8 Å². The third-order valence-electron chi connectivity index (χ3n) is 6.99. The van der Waals surface area contributed by atoms with Crippen LogP contribution in [-0.2, 0) is 24.3 Å². The summed E-state index contributed by atoms with van der Waals surface area (Å²) in [4.78, 5) is 17.7. The van der Waals surface area contributed by atoms with E-state index < -0.39 is 27.4 Å². The van der Waals surface area contributed by atoms with E-state index in [1.165, 1.54) is 12.1 Å². The molecule has 1 N–H and O–H groups in total. The highest BCUT2D eigenvalue weighted by Gasteiger charge is 2.42. The van der Waals surface area contributed by atoms with E-state index in [1.54, 1.807) is 26.8 Å². The van der Waals surface area contributed by atoms with Crippen molar-refractivity contribution in [3.63, 3.8) is 0 Å². The molecule has 0 saturated carbocycles. The van der Waals surface area contributed by atoms with Crippen molar-refractivity contribution in [3.05, 3.63) is 58.4 Å². The summed E-state index contributed by atoms with van der Waals surface area (Å²) in [7, 11) is -4.17. The van der Waals surface area contributed by atoms with E-state index in [0.29, 0.717) is 31.8 Å². The monoisotopic (exact) mass is 547 g/mol. The number of ether oxygens (including phenoxy) is 2. The molecule has 10 heteroatoms. The normalized spacial score (nSPS) is 19.8. The molecule has 0 unspecified atom stereocenters. The molecule has 0 radical (unpaired) electrons. The van der Waals surface area contributed by atoms with Crippen LogP contribution in [-0.4, -0.2) is 68.6 Å². The highest BCUT2D eigenvalue weighted by molar-refractivity contribution is 7.89. The Kier molecular flexibility index (Phi) is 8.23. The molecule has 2 heterocycles.